The standard InChI is InChI=1S/C7H17NS2/c1-6(2)5-9-10-7(3)8-4/h6-8H,5H2,1-4H3. The fourth-order valence-corrected chi connectivity index (χ4v) is 2.93. The van der Waals surface area contributed by atoms with Crippen LogP contribution < -0.4 is 5.32 Å². The van der Waals surface area contributed by atoms with Gasteiger partial charge >= 0.3 is 0 Å². The van der Waals surface area contributed by atoms with Crippen LogP contribution in [0.3, 0.4) is 0 Å². The Kier molecular flexibility index (Phi) is 6.80. The molecule has 0 aromatic heterocycles. The molecule has 0 rings (SSSR count). The number of hydrogen-bond acceptors (Lipinski definition) is 3. The third kappa shape index (κ3) is 6.78. The van der Waals surface area contributed by atoms with Crippen LogP contribution in [0.4, 0.5) is 0 Å². The van der Waals surface area contributed by atoms with E-state index >= 15 is 0 Å². The van der Waals surface area contributed by atoms with Gasteiger partial charge in [0.2, 0.25) is 0 Å². The first-order valence-electron chi connectivity index (χ1n) is 3.62. The molecule has 0 heterocycles. The largest absolute Gasteiger partial charge is 0.308 e. The van der Waals surface area contributed by atoms with Gasteiger partial charge in [-0.1, -0.05) is 35.4 Å². The zero-order valence-electron chi connectivity index (χ0n) is 7.18. The number of rotatable bonds is 5. The van der Waals surface area contributed by atoms with E-state index in [9.17, 15) is 0 Å². The van der Waals surface area contributed by atoms with Crippen molar-refractivity contribution in [2.24, 2.45) is 5.92 Å². The molecule has 0 aliphatic carbocycles. The molecule has 0 saturated heterocycles. The van der Waals surface area contributed by atoms with E-state index < -0.39 is 0 Å². The van der Waals surface area contributed by atoms with Crippen molar-refractivity contribution < 1.29 is 0 Å². The lowest BCUT2D eigenvalue weighted by Crippen LogP contribution is -2.15. The number of hydrogen-bond donors (Lipinski definition) is 1. The van der Waals surface area contributed by atoms with Gasteiger partial charge in [0.15, 0.2) is 0 Å². The summed E-state index contributed by atoms with van der Waals surface area (Å²) in [5.41, 5.74) is 0. The van der Waals surface area contributed by atoms with Crippen molar-refractivity contribution in [3.63, 3.8) is 0 Å². The minimum atomic E-state index is 0.573. The summed E-state index contributed by atoms with van der Waals surface area (Å²) >= 11 is 0. The molecule has 3 heteroatoms. The Morgan fingerprint density at radius 2 is 1.90 bits per heavy atom. The lowest BCUT2D eigenvalue weighted by Gasteiger charge is -2.09. The Balaban J connectivity index is 3.03. The molecule has 0 saturated carbocycles. The zero-order chi connectivity index (χ0) is 7.98. The fourth-order valence-electron chi connectivity index (χ4n) is 0.326. The van der Waals surface area contributed by atoms with Crippen molar-refractivity contribution in [3.8, 4) is 0 Å². The first-order valence-corrected chi connectivity index (χ1v) is 6.00. The predicted octanol–water partition coefficient (Wildman–Crippen LogP) is 2.59. The lowest BCUT2D eigenvalue weighted by molar-refractivity contribution is 0.752. The highest BCUT2D eigenvalue weighted by atomic mass is 33.1. The van der Waals surface area contributed by atoms with E-state index in [-0.39, 0.29) is 0 Å². The average molecular weight is 179 g/mol. The van der Waals surface area contributed by atoms with E-state index in [2.05, 4.69) is 26.1 Å². The molecular formula is C7H17NS2. The topological polar surface area (TPSA) is 12.0 Å². The van der Waals surface area contributed by atoms with E-state index in [1.165, 1.54) is 5.75 Å². The maximum atomic E-state index is 3.18. The first kappa shape index (κ1) is 10.7. The van der Waals surface area contributed by atoms with Gasteiger partial charge in [-0.2, -0.15) is 0 Å². The molecule has 1 unspecified atom stereocenters. The quantitative estimate of drug-likeness (QED) is 0.514. The summed E-state index contributed by atoms with van der Waals surface area (Å²) in [4.78, 5) is 0. The fraction of sp³-hybridized carbons (Fsp3) is 1.00. The molecule has 1 nitrogen and oxygen atoms in total. The van der Waals surface area contributed by atoms with Crippen LogP contribution in [0.15, 0.2) is 0 Å². The molecule has 62 valence electrons. The SMILES string of the molecule is CNC(C)SSCC(C)C. The highest BCUT2D eigenvalue weighted by Crippen LogP contribution is 2.26. The van der Waals surface area contributed by atoms with Gasteiger partial charge in [0.05, 0.1) is 5.37 Å². The molecule has 1 N–H and O–H groups in total. The van der Waals surface area contributed by atoms with Crippen molar-refractivity contribution >= 4 is 21.6 Å². The van der Waals surface area contributed by atoms with E-state index in [4.69, 9.17) is 0 Å². The van der Waals surface area contributed by atoms with Gasteiger partial charge in [-0.05, 0) is 19.9 Å². The third-order valence-corrected chi connectivity index (χ3v) is 4.17. The molecule has 0 spiro atoms. The average Bonchev–Trinajstić information content (AvgIpc) is 1.87. The molecule has 1 atom stereocenters. The summed E-state index contributed by atoms with van der Waals surface area (Å²) in [7, 11) is 5.85. The van der Waals surface area contributed by atoms with Gasteiger partial charge in [-0.3, -0.25) is 0 Å². The van der Waals surface area contributed by atoms with Crippen molar-refractivity contribution in [1.82, 2.24) is 5.32 Å². The van der Waals surface area contributed by atoms with E-state index in [0.717, 1.165) is 5.92 Å². The second-order valence-electron chi connectivity index (χ2n) is 2.71. The Hall–Kier alpha value is 0.660. The highest BCUT2D eigenvalue weighted by Gasteiger charge is 1.99. The van der Waals surface area contributed by atoms with Gasteiger partial charge < -0.3 is 5.32 Å². The predicted molar refractivity (Wildman–Crippen MR) is 53.4 cm³/mol. The van der Waals surface area contributed by atoms with Gasteiger partial charge in [-0.25, -0.2) is 0 Å². The van der Waals surface area contributed by atoms with E-state index in [1.54, 1.807) is 0 Å². The Bertz CT molecular complexity index is 76.0. The number of nitrogens with one attached hydrogen (secondary N) is 1. The highest BCUT2D eigenvalue weighted by molar-refractivity contribution is 8.76. The molecule has 0 aromatic rings. The van der Waals surface area contributed by atoms with E-state index in [0.29, 0.717) is 5.37 Å². The summed E-state index contributed by atoms with van der Waals surface area (Å²) in [6, 6.07) is 0. The maximum absolute atomic E-state index is 3.18. The molecule has 0 aromatic carbocycles. The smallest absolute Gasteiger partial charge is 0.0605 e. The first-order chi connectivity index (χ1) is 4.66. The molecule has 0 fully saturated rings. The maximum Gasteiger partial charge on any atom is 0.0605 e. The third-order valence-electron chi connectivity index (χ3n) is 1.02. The minimum Gasteiger partial charge on any atom is -0.308 e. The zero-order valence-corrected chi connectivity index (χ0v) is 8.81. The van der Waals surface area contributed by atoms with Crippen LogP contribution in [-0.4, -0.2) is 18.2 Å². The minimum absolute atomic E-state index is 0.573. The summed E-state index contributed by atoms with van der Waals surface area (Å²) in [6.07, 6.45) is 0. The second kappa shape index (κ2) is 6.38. The van der Waals surface area contributed by atoms with E-state index in [1.807, 2.05) is 28.6 Å². The van der Waals surface area contributed by atoms with Crippen molar-refractivity contribution in [1.29, 1.82) is 0 Å². The summed E-state index contributed by atoms with van der Waals surface area (Å²) in [5.74, 6) is 2.05. The van der Waals surface area contributed by atoms with Crippen molar-refractivity contribution in [2.45, 2.75) is 26.1 Å². The molecule has 10 heavy (non-hydrogen) atoms. The molecule has 0 aliphatic rings. The molecule has 0 radical (unpaired) electrons. The van der Waals surface area contributed by atoms with Gasteiger partial charge in [-0.15, -0.1) is 0 Å². The van der Waals surface area contributed by atoms with Crippen molar-refractivity contribution in [3.05, 3.63) is 0 Å². The van der Waals surface area contributed by atoms with Crippen molar-refractivity contribution in [2.75, 3.05) is 12.8 Å². The second-order valence-corrected chi connectivity index (χ2v) is 5.46. The van der Waals surface area contributed by atoms with Gasteiger partial charge in [0, 0.05) is 5.75 Å². The summed E-state index contributed by atoms with van der Waals surface area (Å²) in [6.45, 7) is 6.67. The Morgan fingerprint density at radius 3 is 2.30 bits per heavy atom. The van der Waals surface area contributed by atoms with Gasteiger partial charge in [0.25, 0.3) is 0 Å². The van der Waals surface area contributed by atoms with Crippen LogP contribution in [0.25, 0.3) is 0 Å². The molecule has 0 aliphatic heterocycles. The molecular weight excluding hydrogens is 162 g/mol. The lowest BCUT2D eigenvalue weighted by atomic mass is 10.3. The van der Waals surface area contributed by atoms with Gasteiger partial charge in [0.1, 0.15) is 0 Å². The van der Waals surface area contributed by atoms with Crippen LogP contribution in [0.5, 0.6) is 0 Å². The van der Waals surface area contributed by atoms with Crippen LogP contribution in [0, 0.1) is 5.92 Å². The van der Waals surface area contributed by atoms with Crippen LogP contribution >= 0.6 is 21.6 Å². The summed E-state index contributed by atoms with van der Waals surface area (Å²) in [5, 5.41) is 3.75. The Morgan fingerprint density at radius 1 is 1.30 bits per heavy atom. The molecule has 0 amide bonds. The van der Waals surface area contributed by atoms with Crippen LogP contribution in [0.2, 0.25) is 0 Å². The molecule has 0 bridgehead atoms. The van der Waals surface area contributed by atoms with Crippen LogP contribution in [0.1, 0.15) is 20.8 Å². The van der Waals surface area contributed by atoms with Crippen LogP contribution in [-0.2, 0) is 0 Å². The monoisotopic (exact) mass is 179 g/mol. The summed E-state index contributed by atoms with van der Waals surface area (Å²) < 4.78 is 0. The normalized spacial score (nSPS) is 14.1. The Labute approximate surface area is 72.1 Å².